The van der Waals surface area contributed by atoms with E-state index in [1.54, 1.807) is 0 Å². The molecule has 0 aliphatic heterocycles. The Hall–Kier alpha value is -2.29. The molecule has 3 rings (SSSR count). The molecule has 0 saturated heterocycles. The van der Waals surface area contributed by atoms with Crippen LogP contribution in [0.2, 0.25) is 5.02 Å². The fourth-order valence-electron chi connectivity index (χ4n) is 2.35. The lowest BCUT2D eigenvalue weighted by molar-refractivity contribution is -0.143. The number of halogens is 5. The number of nitrogens with zero attached hydrogens (tertiary/aromatic N) is 3. The van der Waals surface area contributed by atoms with E-state index in [4.69, 9.17) is 16.0 Å². The Morgan fingerprint density at radius 1 is 1.26 bits per heavy atom. The average molecular weight is 350 g/mol. The second kappa shape index (κ2) is 4.85. The van der Waals surface area contributed by atoms with E-state index in [0.29, 0.717) is 10.7 Å². The molecule has 23 heavy (non-hydrogen) atoms. The van der Waals surface area contributed by atoms with Crippen LogP contribution in [0.4, 0.5) is 17.6 Å². The van der Waals surface area contributed by atoms with E-state index >= 15 is 0 Å². The number of hydrogen-bond donors (Lipinski definition) is 0. The standard InChI is InChI=1S/C13H8ClF4N3O2/c1-20-10-9(6(15)3-5(14)11(10)23-12(20)22)7-4-8(13(16,17)18)21(2)19-7/h3-4H,1-2H3. The molecular weight excluding hydrogens is 342 g/mol. The van der Waals surface area contributed by atoms with Gasteiger partial charge >= 0.3 is 11.9 Å². The lowest BCUT2D eigenvalue weighted by atomic mass is 10.1. The van der Waals surface area contributed by atoms with Gasteiger partial charge in [-0.05, 0) is 12.1 Å². The van der Waals surface area contributed by atoms with Gasteiger partial charge in [-0.2, -0.15) is 18.3 Å². The summed E-state index contributed by atoms with van der Waals surface area (Å²) in [4.78, 5) is 11.6. The quantitative estimate of drug-likeness (QED) is 0.633. The zero-order valence-electron chi connectivity index (χ0n) is 11.7. The highest BCUT2D eigenvalue weighted by molar-refractivity contribution is 6.35. The van der Waals surface area contributed by atoms with Crippen molar-refractivity contribution >= 4 is 22.7 Å². The lowest BCUT2D eigenvalue weighted by Gasteiger charge is -2.04. The molecule has 0 unspecified atom stereocenters. The molecule has 0 amide bonds. The van der Waals surface area contributed by atoms with Gasteiger partial charge in [-0.25, -0.2) is 9.18 Å². The zero-order valence-corrected chi connectivity index (χ0v) is 12.5. The molecule has 0 aliphatic rings. The monoisotopic (exact) mass is 349 g/mol. The van der Waals surface area contributed by atoms with Crippen molar-refractivity contribution in [3.63, 3.8) is 0 Å². The summed E-state index contributed by atoms with van der Waals surface area (Å²) in [5, 5.41) is 3.53. The molecule has 0 bridgehead atoms. The number of rotatable bonds is 1. The van der Waals surface area contributed by atoms with E-state index in [9.17, 15) is 22.4 Å². The molecule has 3 aromatic rings. The fourth-order valence-corrected chi connectivity index (χ4v) is 2.58. The third-order valence-electron chi connectivity index (χ3n) is 3.39. The molecule has 0 N–H and O–H groups in total. The van der Waals surface area contributed by atoms with Gasteiger partial charge in [-0.3, -0.25) is 9.25 Å². The van der Waals surface area contributed by atoms with E-state index in [-0.39, 0.29) is 27.4 Å². The van der Waals surface area contributed by atoms with Crippen LogP contribution in [0.5, 0.6) is 0 Å². The molecule has 0 spiro atoms. The van der Waals surface area contributed by atoms with E-state index in [1.165, 1.54) is 7.05 Å². The summed E-state index contributed by atoms with van der Waals surface area (Å²) in [6, 6.07) is 1.56. The minimum atomic E-state index is -4.65. The van der Waals surface area contributed by atoms with Crippen molar-refractivity contribution in [1.29, 1.82) is 0 Å². The van der Waals surface area contributed by atoms with Crippen LogP contribution < -0.4 is 5.76 Å². The number of alkyl halides is 3. The van der Waals surface area contributed by atoms with E-state index < -0.39 is 23.4 Å². The molecule has 0 fully saturated rings. The third-order valence-corrected chi connectivity index (χ3v) is 3.67. The van der Waals surface area contributed by atoms with Gasteiger partial charge in [0, 0.05) is 14.1 Å². The average Bonchev–Trinajstić information content (AvgIpc) is 2.93. The number of aromatic nitrogens is 3. The Kier molecular flexibility index (Phi) is 3.29. The molecule has 0 radical (unpaired) electrons. The van der Waals surface area contributed by atoms with Gasteiger partial charge in [-0.1, -0.05) is 11.6 Å². The number of aryl methyl sites for hydroxylation is 2. The maximum absolute atomic E-state index is 14.3. The first kappa shape index (κ1) is 15.6. The first-order valence-corrected chi connectivity index (χ1v) is 6.58. The van der Waals surface area contributed by atoms with Crippen molar-refractivity contribution in [2.24, 2.45) is 14.1 Å². The predicted octanol–water partition coefficient (Wildman–Crippen LogP) is 3.34. The second-order valence-corrected chi connectivity index (χ2v) is 5.26. The maximum Gasteiger partial charge on any atom is 0.433 e. The highest BCUT2D eigenvalue weighted by Gasteiger charge is 2.36. The number of benzene rings is 1. The van der Waals surface area contributed by atoms with Crippen LogP contribution >= 0.6 is 11.6 Å². The molecular formula is C13H8ClF4N3O2. The van der Waals surface area contributed by atoms with Gasteiger partial charge < -0.3 is 4.42 Å². The molecule has 2 heterocycles. The summed E-state index contributed by atoms with van der Waals surface area (Å²) in [7, 11) is 2.38. The molecule has 0 saturated carbocycles. The fraction of sp³-hybridized carbons (Fsp3) is 0.231. The first-order chi connectivity index (χ1) is 10.6. The van der Waals surface area contributed by atoms with Gasteiger partial charge in [0.2, 0.25) is 0 Å². The predicted molar refractivity (Wildman–Crippen MR) is 73.6 cm³/mol. The molecule has 1 aromatic carbocycles. The smallest absolute Gasteiger partial charge is 0.406 e. The zero-order chi connectivity index (χ0) is 17.1. The topological polar surface area (TPSA) is 53.0 Å². The maximum atomic E-state index is 14.3. The van der Waals surface area contributed by atoms with Crippen LogP contribution in [-0.4, -0.2) is 14.3 Å². The Balaban J connectivity index is 2.40. The van der Waals surface area contributed by atoms with E-state index in [0.717, 1.165) is 17.7 Å². The molecule has 122 valence electrons. The van der Waals surface area contributed by atoms with Crippen LogP contribution in [0, 0.1) is 5.82 Å². The Morgan fingerprint density at radius 3 is 2.48 bits per heavy atom. The molecule has 0 atom stereocenters. The highest BCUT2D eigenvalue weighted by atomic mass is 35.5. The van der Waals surface area contributed by atoms with Gasteiger partial charge in [0.05, 0.1) is 16.3 Å². The summed E-state index contributed by atoms with van der Waals surface area (Å²) in [6.07, 6.45) is -4.65. The SMILES string of the molecule is Cn1nc(-c2c(F)cc(Cl)c3oc(=O)n(C)c23)cc1C(F)(F)F. The summed E-state index contributed by atoms with van der Waals surface area (Å²) in [5.74, 6) is -1.73. The van der Waals surface area contributed by atoms with Gasteiger partial charge in [0.1, 0.15) is 17.0 Å². The van der Waals surface area contributed by atoms with Crippen LogP contribution in [0.1, 0.15) is 5.69 Å². The third kappa shape index (κ3) is 2.31. The Labute approximate surface area is 130 Å². The minimum Gasteiger partial charge on any atom is -0.406 e. The summed E-state index contributed by atoms with van der Waals surface area (Å²) >= 11 is 5.82. The molecule has 2 aromatic heterocycles. The summed E-state index contributed by atoms with van der Waals surface area (Å²) in [5.41, 5.74) is -1.80. The van der Waals surface area contributed by atoms with Crippen LogP contribution in [0.3, 0.4) is 0 Å². The van der Waals surface area contributed by atoms with Crippen LogP contribution in [0.25, 0.3) is 22.4 Å². The molecule has 5 nitrogen and oxygen atoms in total. The van der Waals surface area contributed by atoms with E-state index in [1.807, 2.05) is 0 Å². The lowest BCUT2D eigenvalue weighted by Crippen LogP contribution is -2.11. The second-order valence-electron chi connectivity index (χ2n) is 4.86. The van der Waals surface area contributed by atoms with Crippen molar-refractivity contribution in [3.8, 4) is 11.3 Å². The Morgan fingerprint density at radius 2 is 1.91 bits per heavy atom. The van der Waals surface area contributed by atoms with Crippen LogP contribution in [0.15, 0.2) is 21.3 Å². The van der Waals surface area contributed by atoms with Crippen molar-refractivity contribution in [1.82, 2.24) is 14.3 Å². The number of fused-ring (bicyclic) bond motifs is 1. The number of oxazole rings is 1. The van der Waals surface area contributed by atoms with E-state index in [2.05, 4.69) is 5.10 Å². The van der Waals surface area contributed by atoms with Crippen molar-refractivity contribution in [2.45, 2.75) is 6.18 Å². The molecule has 10 heteroatoms. The summed E-state index contributed by atoms with van der Waals surface area (Å²) < 4.78 is 59.4. The first-order valence-electron chi connectivity index (χ1n) is 6.20. The van der Waals surface area contributed by atoms with Gasteiger partial charge in [0.15, 0.2) is 5.58 Å². The van der Waals surface area contributed by atoms with Crippen molar-refractivity contribution in [3.05, 3.63) is 39.2 Å². The normalized spacial score (nSPS) is 12.3. The van der Waals surface area contributed by atoms with Crippen molar-refractivity contribution in [2.75, 3.05) is 0 Å². The minimum absolute atomic E-state index is 0.0631. The highest BCUT2D eigenvalue weighted by Crippen LogP contribution is 2.37. The van der Waals surface area contributed by atoms with Gasteiger partial charge in [-0.15, -0.1) is 0 Å². The largest absolute Gasteiger partial charge is 0.433 e. The summed E-state index contributed by atoms with van der Waals surface area (Å²) in [6.45, 7) is 0. The Bertz CT molecular complexity index is 984. The number of hydrogen-bond acceptors (Lipinski definition) is 3. The van der Waals surface area contributed by atoms with Crippen LogP contribution in [-0.2, 0) is 20.3 Å². The van der Waals surface area contributed by atoms with Crippen molar-refractivity contribution < 1.29 is 22.0 Å². The molecule has 0 aliphatic carbocycles. The van der Waals surface area contributed by atoms with Gasteiger partial charge in [0.25, 0.3) is 0 Å².